The Morgan fingerprint density at radius 1 is 0.390 bits per heavy atom. The smallest absolute Gasteiger partial charge is 0.488 e. The molecule has 0 amide bonds. The zero-order valence-corrected chi connectivity index (χ0v) is 61.7. The van der Waals surface area contributed by atoms with E-state index in [4.69, 9.17) is 43.2 Å². The predicted octanol–water partition coefficient (Wildman–Crippen LogP) is 22.2. The van der Waals surface area contributed by atoms with Crippen molar-refractivity contribution in [3.05, 3.63) is 244 Å². The molecule has 0 fully saturated rings. The summed E-state index contributed by atoms with van der Waals surface area (Å²) < 4.78 is 22.7. The van der Waals surface area contributed by atoms with Crippen molar-refractivity contribution in [3.8, 4) is 56.4 Å². The molecule has 6 heterocycles. The molecule has 0 N–H and O–H groups in total. The molecule has 5 aromatic heterocycles. The number of hydrogen-bond donors (Lipinski definition) is 0. The average Bonchev–Trinajstić information content (AvgIpc) is 1.57. The Hall–Kier alpha value is -10.1. The van der Waals surface area contributed by atoms with E-state index in [-0.39, 0.29) is 67.7 Å². The van der Waals surface area contributed by atoms with Crippen LogP contribution in [0.4, 0.5) is 5.69 Å². The fraction of sp³-hybridized carbons (Fsp3) is 0.264. The molecular formula is C87H80IrN9O3. The Kier molecular flexibility index (Phi) is 16.8. The second-order valence-corrected chi connectivity index (χ2v) is 28.8. The van der Waals surface area contributed by atoms with Crippen molar-refractivity contribution < 1.29 is 33.4 Å². The van der Waals surface area contributed by atoms with Gasteiger partial charge in [-0.25, -0.2) is 15.0 Å². The molecule has 16 rings (SSSR count). The molecule has 13 heteroatoms. The third kappa shape index (κ3) is 11.4. The van der Waals surface area contributed by atoms with Gasteiger partial charge in [-0.1, -0.05) is 168 Å². The van der Waals surface area contributed by atoms with Gasteiger partial charge < -0.3 is 32.3 Å². The van der Waals surface area contributed by atoms with Crippen molar-refractivity contribution in [3.63, 3.8) is 0 Å². The first-order chi connectivity index (χ1) is 47.7. The molecule has 0 bridgehead atoms. The SMILES string of the molecule is Cc1nc2cc(C3=NC4C=C(c5cc(-c6ccc7c(c6)nc(-c6[c-]cc8oc(C)nc8c6)n7-c6c(C(C)C)cccc6C(C)C)cc(-c6ccc7c(c6)nc(-c6[c-]cc8oc(C)nc8c6)n7-c6c(C(C)C)cccc6C(C)C)c5)C=CC4N3c3c(C(C)C)cccc3C(C)C)[c-]cc2o1.[Ir+3]. The molecule has 500 valence electrons. The van der Waals surface area contributed by atoms with Gasteiger partial charge in [0.15, 0.2) is 17.7 Å². The van der Waals surface area contributed by atoms with E-state index in [1.54, 1.807) is 0 Å². The van der Waals surface area contributed by atoms with E-state index < -0.39 is 0 Å². The van der Waals surface area contributed by atoms with E-state index in [0.717, 1.165) is 118 Å². The largest absolute Gasteiger partial charge is 3.00 e. The minimum absolute atomic E-state index is 0. The number of benzene rings is 9. The quantitative estimate of drug-likeness (QED) is 0.0921. The van der Waals surface area contributed by atoms with Gasteiger partial charge in [-0.3, -0.25) is 9.97 Å². The molecule has 2 atom stereocenters. The first-order valence-corrected chi connectivity index (χ1v) is 35.0. The summed E-state index contributed by atoms with van der Waals surface area (Å²) in [5, 5.41) is 0. The summed E-state index contributed by atoms with van der Waals surface area (Å²) in [7, 11) is 0. The number of imidazole rings is 2. The van der Waals surface area contributed by atoms with Crippen molar-refractivity contribution in [1.82, 2.24) is 34.1 Å². The molecule has 12 nitrogen and oxygen atoms in total. The van der Waals surface area contributed by atoms with Crippen LogP contribution in [0.3, 0.4) is 0 Å². The number of fused-ring (bicyclic) bond motifs is 6. The molecule has 9 aromatic carbocycles. The monoisotopic (exact) mass is 1490 g/mol. The molecule has 0 radical (unpaired) electrons. The first-order valence-electron chi connectivity index (χ1n) is 35.0. The number of rotatable bonds is 15. The van der Waals surface area contributed by atoms with Crippen LogP contribution in [-0.4, -0.2) is 52.0 Å². The molecular weight excluding hydrogens is 1410 g/mol. The van der Waals surface area contributed by atoms with Crippen LogP contribution in [0.5, 0.6) is 0 Å². The van der Waals surface area contributed by atoms with Crippen LogP contribution in [0.1, 0.15) is 181 Å². The molecule has 2 unspecified atom stereocenters. The first kappa shape index (κ1) is 65.8. The minimum atomic E-state index is -0.253. The summed E-state index contributed by atoms with van der Waals surface area (Å²) in [6.45, 7) is 33.0. The molecule has 100 heavy (non-hydrogen) atoms. The van der Waals surface area contributed by atoms with Crippen LogP contribution in [0.25, 0.3) is 117 Å². The summed E-state index contributed by atoms with van der Waals surface area (Å²) in [5.41, 5.74) is 27.9. The summed E-state index contributed by atoms with van der Waals surface area (Å²) >= 11 is 0. The van der Waals surface area contributed by atoms with Crippen molar-refractivity contribution >= 4 is 72.5 Å². The van der Waals surface area contributed by atoms with Crippen molar-refractivity contribution in [2.24, 2.45) is 4.99 Å². The maximum atomic E-state index is 6.00. The van der Waals surface area contributed by atoms with E-state index >= 15 is 0 Å². The minimum Gasteiger partial charge on any atom is -0.488 e. The summed E-state index contributed by atoms with van der Waals surface area (Å²) in [4.78, 5) is 33.9. The number of amidine groups is 1. The Morgan fingerprint density at radius 3 is 1.16 bits per heavy atom. The standard InChI is InChI=1S/C87H80N9O3.Ir/c1-46(2)64-19-16-20-65(47(3)4)82(64)94-76-31-25-55(40-70(76)91-85(94)58-28-34-79-73(43-58)88-52(13)97-79)61-37-62(56-26-32-77-71(41-56)92-86(59-29-35-80-74(44-59)89-53(14)98-80)95(77)83-66(48(5)6)21-17-22-67(83)49(7)8)39-63(38-61)57-27-33-78-72(42-57)93-87(60-30-36-81-75(45-60)90-54(15)99-81)96(78)84-68(50(9)10)23-18-24-69(84)51(11)12;/h16-27,31-51,70,76H,1-15H3;/q-3;+3. The maximum absolute atomic E-state index is 6.00. The van der Waals surface area contributed by atoms with Crippen molar-refractivity contribution in [1.29, 1.82) is 0 Å². The van der Waals surface area contributed by atoms with Gasteiger partial charge in [-0.15, -0.1) is 71.3 Å². The van der Waals surface area contributed by atoms with Gasteiger partial charge in [0.2, 0.25) is 0 Å². The zero-order chi connectivity index (χ0) is 68.6. The summed E-state index contributed by atoms with van der Waals surface area (Å²) in [6, 6.07) is 63.1. The van der Waals surface area contributed by atoms with E-state index in [1.807, 2.05) is 39.0 Å². The number of para-hydroxylation sites is 3. The van der Waals surface area contributed by atoms with E-state index in [0.29, 0.717) is 34.4 Å². The fourth-order valence-corrected chi connectivity index (χ4v) is 15.1. The molecule has 1 aliphatic heterocycles. The van der Waals surface area contributed by atoms with Gasteiger partial charge in [-0.05, 0) is 145 Å². The molecule has 14 aromatic rings. The van der Waals surface area contributed by atoms with Crippen LogP contribution < -0.4 is 4.90 Å². The number of aryl methyl sites for hydroxylation is 3. The Bertz CT molecular complexity index is 5360. The number of nitrogens with zero attached hydrogens (tertiary/aromatic N) is 9. The molecule has 1 aliphatic carbocycles. The Balaban J connectivity index is 0.00000812. The fourth-order valence-electron chi connectivity index (χ4n) is 15.1. The molecule has 0 spiro atoms. The van der Waals surface area contributed by atoms with Crippen LogP contribution in [0.15, 0.2) is 182 Å². The Labute approximate surface area is 598 Å². The van der Waals surface area contributed by atoms with Crippen LogP contribution in [-0.2, 0) is 20.1 Å². The topological polar surface area (TPSA) is 129 Å². The molecule has 2 aliphatic rings. The number of anilines is 1. The van der Waals surface area contributed by atoms with Crippen LogP contribution in [0, 0.1) is 39.0 Å². The van der Waals surface area contributed by atoms with Crippen LogP contribution >= 0.6 is 0 Å². The Morgan fingerprint density at radius 2 is 0.760 bits per heavy atom. The number of aromatic nitrogens is 7. The third-order valence-corrected chi connectivity index (χ3v) is 19.9. The average molecular weight is 1490 g/mol. The molecule has 0 saturated heterocycles. The zero-order valence-electron chi connectivity index (χ0n) is 59.3. The second-order valence-electron chi connectivity index (χ2n) is 28.8. The number of oxazole rings is 3. The van der Waals surface area contributed by atoms with Gasteiger partial charge in [-0.2, -0.15) is 0 Å². The van der Waals surface area contributed by atoms with Gasteiger partial charge >= 0.3 is 20.1 Å². The normalized spacial score (nSPS) is 14.9. The van der Waals surface area contributed by atoms with Gasteiger partial charge in [0, 0.05) is 54.4 Å². The van der Waals surface area contributed by atoms with E-state index in [1.165, 1.54) is 39.1 Å². The van der Waals surface area contributed by atoms with Crippen LogP contribution in [0.2, 0.25) is 0 Å². The van der Waals surface area contributed by atoms with Gasteiger partial charge in [0.05, 0.1) is 68.4 Å². The van der Waals surface area contributed by atoms with E-state index in [2.05, 4.69) is 261 Å². The van der Waals surface area contributed by atoms with Gasteiger partial charge in [0.1, 0.15) is 0 Å². The van der Waals surface area contributed by atoms with E-state index in [9.17, 15) is 0 Å². The third-order valence-electron chi connectivity index (χ3n) is 19.9. The number of aliphatic imine (C=N–C) groups is 1. The van der Waals surface area contributed by atoms with Crippen molar-refractivity contribution in [2.45, 2.75) is 151 Å². The van der Waals surface area contributed by atoms with Crippen molar-refractivity contribution in [2.75, 3.05) is 4.90 Å². The predicted molar refractivity (Wildman–Crippen MR) is 402 cm³/mol. The van der Waals surface area contributed by atoms with Gasteiger partial charge in [0.25, 0.3) is 0 Å². The second kappa shape index (κ2) is 25.6. The summed E-state index contributed by atoms with van der Waals surface area (Å²) in [6.07, 6.45) is 7.06. The summed E-state index contributed by atoms with van der Waals surface area (Å²) in [5.74, 6) is 5.69. The maximum Gasteiger partial charge on any atom is 3.00 e. The number of hydrogen-bond acceptors (Lipinski definition) is 10. The molecule has 0 saturated carbocycles. The number of allylic oxidation sites excluding steroid dienone is 2.